The minimum Gasteiger partial charge on any atom is -0.369 e. The fourth-order valence-electron chi connectivity index (χ4n) is 2.22. The number of carbonyl (C=O) groups is 2. The van der Waals surface area contributed by atoms with Crippen LogP contribution in [0.4, 0.5) is 10.5 Å². The summed E-state index contributed by atoms with van der Waals surface area (Å²) >= 11 is 0. The minimum atomic E-state index is -0.495. The van der Waals surface area contributed by atoms with Gasteiger partial charge < -0.3 is 10.6 Å². The predicted octanol–water partition coefficient (Wildman–Crippen LogP) is 2.27. The average molecular weight is 292 g/mol. The minimum absolute atomic E-state index is 0.0943. The zero-order chi connectivity index (χ0) is 15.9. The van der Waals surface area contributed by atoms with E-state index < -0.39 is 5.81 Å². The van der Waals surface area contributed by atoms with E-state index in [0.717, 1.165) is 17.7 Å². The second-order valence-corrected chi connectivity index (χ2v) is 4.99. The first-order valence-electron chi connectivity index (χ1n) is 7.01. The van der Waals surface area contributed by atoms with Gasteiger partial charge >= 0.3 is 0 Å². The van der Waals surface area contributed by atoms with Gasteiger partial charge in [-0.2, -0.15) is 0 Å². The molecule has 0 bridgehead atoms. The topological polar surface area (TPSA) is 58.2 Å². The number of amides is 2. The molecule has 2 aromatic carbocycles. The normalized spacial score (nSPS) is 11.8. The number of hydrogen-bond donors (Lipinski definition) is 2. The van der Waals surface area contributed by atoms with Gasteiger partial charge in [-0.05, 0) is 29.2 Å². The summed E-state index contributed by atoms with van der Waals surface area (Å²) in [7, 11) is 6.02. The van der Waals surface area contributed by atoms with Crippen LogP contribution in [0.15, 0.2) is 48.5 Å². The molecule has 1 heterocycles. The van der Waals surface area contributed by atoms with Gasteiger partial charge in [0.15, 0.2) is 13.7 Å². The summed E-state index contributed by atoms with van der Waals surface area (Å²) < 4.78 is 0. The van der Waals surface area contributed by atoms with Gasteiger partial charge in [-0.3, -0.25) is 9.59 Å². The van der Waals surface area contributed by atoms with Crippen molar-refractivity contribution in [2.24, 2.45) is 0 Å². The first-order chi connectivity index (χ1) is 10.6. The molecular weight excluding hydrogens is 275 g/mol. The van der Waals surface area contributed by atoms with Crippen molar-refractivity contribution in [3.63, 3.8) is 0 Å². The van der Waals surface area contributed by atoms with Crippen molar-refractivity contribution >= 4 is 25.2 Å². The van der Waals surface area contributed by atoms with Crippen molar-refractivity contribution in [1.29, 1.82) is 0 Å². The summed E-state index contributed by atoms with van der Waals surface area (Å²) in [6, 6.07) is 16.6. The van der Waals surface area contributed by atoms with Crippen LogP contribution in [0, 0.1) is 0 Å². The third-order valence-corrected chi connectivity index (χ3v) is 3.29. The molecule has 0 aromatic heterocycles. The van der Waals surface area contributed by atoms with Gasteiger partial charge in [-0.15, -0.1) is 0 Å². The van der Waals surface area contributed by atoms with Crippen LogP contribution < -0.4 is 10.6 Å². The Kier molecular flexibility index (Phi) is 5.36. The molecule has 5 heteroatoms. The molecule has 2 amide bonds. The molecule has 3 rings (SSSR count). The van der Waals surface area contributed by atoms with Crippen molar-refractivity contribution in [2.45, 2.75) is 12.8 Å². The lowest BCUT2D eigenvalue weighted by Gasteiger charge is -2.04. The Hall–Kier alpha value is -2.56. The number of hydrogen-bond acceptors (Lipinski definition) is 2. The predicted molar refractivity (Wildman–Crippen MR) is 88.2 cm³/mol. The van der Waals surface area contributed by atoms with Crippen LogP contribution in [-0.2, 0) is 17.6 Å². The smallest absolute Gasteiger partial charge is 0.228 e. The fraction of sp³-hybridized carbons (Fsp3) is 0.176. The Labute approximate surface area is 131 Å². The first-order valence-corrected chi connectivity index (χ1v) is 7.01. The molecule has 2 radical (unpaired) electrons. The van der Waals surface area contributed by atoms with Crippen molar-refractivity contribution in [2.75, 3.05) is 12.4 Å². The second-order valence-electron chi connectivity index (χ2n) is 4.99. The van der Waals surface area contributed by atoms with Gasteiger partial charge in [0.25, 0.3) is 0 Å². The zero-order valence-corrected chi connectivity index (χ0v) is 12.4. The molecule has 1 aliphatic heterocycles. The summed E-state index contributed by atoms with van der Waals surface area (Å²) in [5.74, 6) is -0.401. The van der Waals surface area contributed by atoms with E-state index in [1.807, 2.05) is 24.3 Å². The molecule has 0 spiro atoms. The number of benzene rings is 2. The van der Waals surface area contributed by atoms with Gasteiger partial charge in [0.1, 0.15) is 0 Å². The number of carbonyl (C=O) groups excluding carboxylic acids is 2. The summed E-state index contributed by atoms with van der Waals surface area (Å²) in [4.78, 5) is 20.7. The molecule has 22 heavy (non-hydrogen) atoms. The molecule has 2 aromatic rings. The van der Waals surface area contributed by atoms with Gasteiger partial charge in [0.2, 0.25) is 5.91 Å². The SMILES string of the molecule is O=C1Cc2cc(Cc3ccccc3)ccc2N1.[B]C(=O)NC. The number of rotatable bonds is 2. The van der Waals surface area contributed by atoms with E-state index in [4.69, 9.17) is 0 Å². The quantitative estimate of drug-likeness (QED) is 0.834. The monoisotopic (exact) mass is 292 g/mol. The molecule has 2 N–H and O–H groups in total. The zero-order valence-electron chi connectivity index (χ0n) is 12.4. The Bertz CT molecular complexity index is 672. The third-order valence-electron chi connectivity index (χ3n) is 3.29. The van der Waals surface area contributed by atoms with E-state index in [2.05, 4.69) is 42.7 Å². The van der Waals surface area contributed by atoms with Crippen LogP contribution in [0.3, 0.4) is 0 Å². The van der Waals surface area contributed by atoms with Gasteiger partial charge in [0, 0.05) is 12.7 Å². The molecule has 0 fully saturated rings. The highest BCUT2D eigenvalue weighted by atomic mass is 16.2. The molecule has 0 unspecified atom stereocenters. The van der Waals surface area contributed by atoms with E-state index >= 15 is 0 Å². The first kappa shape index (κ1) is 15.8. The summed E-state index contributed by atoms with van der Waals surface area (Å²) in [5, 5.41) is 5.02. The van der Waals surface area contributed by atoms with Crippen molar-refractivity contribution in [3.05, 3.63) is 65.2 Å². The average Bonchev–Trinajstić information content (AvgIpc) is 2.88. The molecule has 0 atom stereocenters. The second kappa shape index (κ2) is 7.45. The van der Waals surface area contributed by atoms with Crippen LogP contribution in [0.1, 0.15) is 16.7 Å². The summed E-state index contributed by atoms with van der Waals surface area (Å²) in [6.45, 7) is 0. The molecule has 4 nitrogen and oxygen atoms in total. The van der Waals surface area contributed by atoms with Crippen LogP contribution in [0.5, 0.6) is 0 Å². The van der Waals surface area contributed by atoms with E-state index in [0.29, 0.717) is 6.42 Å². The van der Waals surface area contributed by atoms with E-state index in [1.54, 1.807) is 0 Å². The lowest BCUT2D eigenvalue weighted by molar-refractivity contribution is -0.115. The lowest BCUT2D eigenvalue weighted by Crippen LogP contribution is -2.14. The maximum Gasteiger partial charge on any atom is 0.228 e. The summed E-state index contributed by atoms with van der Waals surface area (Å²) in [6.07, 6.45) is 1.43. The maximum atomic E-state index is 11.3. The third kappa shape index (κ3) is 4.48. The Balaban J connectivity index is 0.000000309. The van der Waals surface area contributed by atoms with Crippen LogP contribution in [0.25, 0.3) is 0 Å². The van der Waals surface area contributed by atoms with Crippen LogP contribution >= 0.6 is 0 Å². The highest BCUT2D eigenvalue weighted by Gasteiger charge is 2.17. The Morgan fingerprint density at radius 2 is 1.86 bits per heavy atom. The lowest BCUT2D eigenvalue weighted by atomic mass is 10.0. The largest absolute Gasteiger partial charge is 0.369 e. The van der Waals surface area contributed by atoms with Gasteiger partial charge in [-0.25, -0.2) is 0 Å². The molecular formula is C17H17BN2O2. The highest BCUT2D eigenvalue weighted by molar-refractivity contribution is 6.56. The van der Waals surface area contributed by atoms with Crippen molar-refractivity contribution in [1.82, 2.24) is 5.32 Å². The van der Waals surface area contributed by atoms with Gasteiger partial charge in [0.05, 0.1) is 6.42 Å². The van der Waals surface area contributed by atoms with Crippen LogP contribution in [-0.4, -0.2) is 26.6 Å². The van der Waals surface area contributed by atoms with Gasteiger partial charge in [-0.1, -0.05) is 42.5 Å². The Morgan fingerprint density at radius 3 is 2.50 bits per heavy atom. The highest BCUT2D eigenvalue weighted by Crippen LogP contribution is 2.24. The van der Waals surface area contributed by atoms with Crippen molar-refractivity contribution in [3.8, 4) is 0 Å². The number of nitrogens with one attached hydrogen (secondary N) is 2. The summed E-state index contributed by atoms with van der Waals surface area (Å²) in [5.41, 5.74) is 4.63. The van der Waals surface area contributed by atoms with Crippen molar-refractivity contribution < 1.29 is 9.59 Å². The number of anilines is 1. The van der Waals surface area contributed by atoms with E-state index in [1.165, 1.54) is 18.2 Å². The molecule has 0 saturated heterocycles. The molecule has 110 valence electrons. The molecule has 0 aliphatic carbocycles. The fourth-order valence-corrected chi connectivity index (χ4v) is 2.22. The molecule has 1 aliphatic rings. The maximum absolute atomic E-state index is 11.3. The Morgan fingerprint density at radius 1 is 1.18 bits per heavy atom. The number of fused-ring (bicyclic) bond motifs is 1. The van der Waals surface area contributed by atoms with E-state index in [9.17, 15) is 9.59 Å². The van der Waals surface area contributed by atoms with Crippen LogP contribution in [0.2, 0.25) is 0 Å². The standard InChI is InChI=1S/C15H13NO.C2H4BNO/c17-15-10-13-9-12(6-7-14(13)16-15)8-11-4-2-1-3-5-11;1-4-2(3)5/h1-7,9H,8,10H2,(H,16,17);1H3,(H,4,5). The molecule has 0 saturated carbocycles. The van der Waals surface area contributed by atoms with E-state index in [-0.39, 0.29) is 5.91 Å².